The molecule has 1 N–H and O–H groups in total. The summed E-state index contributed by atoms with van der Waals surface area (Å²) in [4.78, 5) is 18.4. The molecule has 1 aromatic heterocycles. The Hall–Kier alpha value is -2.24. The third-order valence-corrected chi connectivity index (χ3v) is 5.00. The molecule has 24 heavy (non-hydrogen) atoms. The molecular formula is C19H19N3OS. The predicted molar refractivity (Wildman–Crippen MR) is 98.8 cm³/mol. The molecule has 1 aliphatic rings. The number of nitrogens with one attached hydrogen (secondary N) is 1. The fourth-order valence-corrected chi connectivity index (χ4v) is 3.86. The quantitative estimate of drug-likeness (QED) is 0.744. The van der Waals surface area contributed by atoms with Gasteiger partial charge in [0.05, 0.1) is 16.9 Å². The molecule has 122 valence electrons. The molecule has 0 spiro atoms. The standard InChI is InChI=1S/C19H19N3OS/c23-18-16-8-4-5-9-17(16)20-19(24)22(18)15-10-11-21(13-15)12-14-6-2-1-3-7-14/h1-9,15H,10-13H2,(H,20,24). The summed E-state index contributed by atoms with van der Waals surface area (Å²) >= 11 is 5.46. The second-order valence-corrected chi connectivity index (χ2v) is 6.70. The van der Waals surface area contributed by atoms with Gasteiger partial charge in [-0.1, -0.05) is 42.5 Å². The van der Waals surface area contributed by atoms with Crippen LogP contribution in [0.25, 0.3) is 10.9 Å². The van der Waals surface area contributed by atoms with Gasteiger partial charge in [-0.15, -0.1) is 0 Å². The van der Waals surface area contributed by atoms with Crippen LogP contribution in [0.3, 0.4) is 0 Å². The van der Waals surface area contributed by atoms with Gasteiger partial charge in [0.25, 0.3) is 5.56 Å². The largest absolute Gasteiger partial charge is 0.332 e. The summed E-state index contributed by atoms with van der Waals surface area (Å²) in [6.45, 7) is 2.74. The molecule has 0 aliphatic carbocycles. The number of benzene rings is 2. The highest BCUT2D eigenvalue weighted by Gasteiger charge is 2.25. The highest BCUT2D eigenvalue weighted by atomic mass is 32.1. The second kappa shape index (κ2) is 6.34. The molecule has 1 saturated heterocycles. The number of rotatable bonds is 3. The number of likely N-dealkylation sites (tertiary alicyclic amines) is 1. The van der Waals surface area contributed by atoms with Gasteiger partial charge in [-0.2, -0.15) is 0 Å². The minimum atomic E-state index is 0.0147. The van der Waals surface area contributed by atoms with E-state index in [9.17, 15) is 4.79 Å². The number of hydrogen-bond acceptors (Lipinski definition) is 3. The van der Waals surface area contributed by atoms with E-state index >= 15 is 0 Å². The number of hydrogen-bond donors (Lipinski definition) is 1. The van der Waals surface area contributed by atoms with Crippen molar-refractivity contribution in [3.8, 4) is 0 Å². The highest BCUT2D eigenvalue weighted by molar-refractivity contribution is 7.71. The molecule has 1 atom stereocenters. The van der Waals surface area contributed by atoms with Crippen LogP contribution in [0.15, 0.2) is 59.4 Å². The molecule has 2 aromatic carbocycles. The van der Waals surface area contributed by atoms with E-state index in [1.54, 1.807) is 4.57 Å². The smallest absolute Gasteiger partial charge is 0.262 e. The third kappa shape index (κ3) is 2.81. The summed E-state index contributed by atoms with van der Waals surface area (Å²) in [6, 6.07) is 18.1. The molecule has 5 heteroatoms. The van der Waals surface area contributed by atoms with Crippen LogP contribution >= 0.6 is 12.2 Å². The van der Waals surface area contributed by atoms with E-state index in [0.29, 0.717) is 10.2 Å². The van der Waals surface area contributed by atoms with Crippen molar-refractivity contribution < 1.29 is 0 Å². The maximum absolute atomic E-state index is 12.9. The van der Waals surface area contributed by atoms with Crippen LogP contribution in [-0.2, 0) is 6.54 Å². The third-order valence-electron chi connectivity index (χ3n) is 4.70. The van der Waals surface area contributed by atoms with E-state index in [2.05, 4.69) is 34.1 Å². The Morgan fingerprint density at radius 3 is 2.67 bits per heavy atom. The average Bonchev–Trinajstić information content (AvgIpc) is 3.04. The molecule has 0 radical (unpaired) electrons. The SMILES string of the molecule is O=c1c2ccccc2[nH]c(=S)n1C1CCN(Cc2ccccc2)C1. The Labute approximate surface area is 145 Å². The maximum atomic E-state index is 12.9. The van der Waals surface area contributed by atoms with Crippen LogP contribution in [0, 0.1) is 4.77 Å². The number of fused-ring (bicyclic) bond motifs is 1. The number of aromatic nitrogens is 2. The Bertz CT molecular complexity index is 977. The lowest BCUT2D eigenvalue weighted by Gasteiger charge is -2.18. The van der Waals surface area contributed by atoms with E-state index in [0.717, 1.165) is 31.6 Å². The fourth-order valence-electron chi connectivity index (χ4n) is 3.52. The van der Waals surface area contributed by atoms with Crippen LogP contribution in [0.2, 0.25) is 0 Å². The van der Waals surface area contributed by atoms with Crippen molar-refractivity contribution in [2.24, 2.45) is 0 Å². The number of nitrogens with zero attached hydrogens (tertiary/aromatic N) is 2. The van der Waals surface area contributed by atoms with Gasteiger partial charge in [0.1, 0.15) is 0 Å². The molecule has 0 saturated carbocycles. The Morgan fingerprint density at radius 1 is 1.08 bits per heavy atom. The van der Waals surface area contributed by atoms with E-state index < -0.39 is 0 Å². The number of aromatic amines is 1. The van der Waals surface area contributed by atoms with Crippen LogP contribution < -0.4 is 5.56 Å². The van der Waals surface area contributed by atoms with Gasteiger partial charge in [0, 0.05) is 19.6 Å². The van der Waals surface area contributed by atoms with Gasteiger partial charge in [0.2, 0.25) is 0 Å². The van der Waals surface area contributed by atoms with Crippen LogP contribution in [0.4, 0.5) is 0 Å². The highest BCUT2D eigenvalue weighted by Crippen LogP contribution is 2.23. The zero-order valence-electron chi connectivity index (χ0n) is 13.3. The summed E-state index contributed by atoms with van der Waals surface area (Å²) in [6.07, 6.45) is 0.947. The van der Waals surface area contributed by atoms with Gasteiger partial charge in [-0.05, 0) is 36.3 Å². The van der Waals surface area contributed by atoms with Gasteiger partial charge < -0.3 is 4.98 Å². The fraction of sp³-hybridized carbons (Fsp3) is 0.263. The summed E-state index contributed by atoms with van der Waals surface area (Å²) in [7, 11) is 0. The Balaban J connectivity index is 1.62. The summed E-state index contributed by atoms with van der Waals surface area (Å²) in [5, 5.41) is 0.701. The minimum absolute atomic E-state index is 0.0147. The first-order chi connectivity index (χ1) is 11.7. The first-order valence-electron chi connectivity index (χ1n) is 8.22. The normalized spacial score (nSPS) is 18.2. The summed E-state index contributed by atoms with van der Waals surface area (Å²) in [5.74, 6) is 0. The summed E-state index contributed by atoms with van der Waals surface area (Å²) in [5.41, 5.74) is 2.12. The van der Waals surface area contributed by atoms with E-state index in [1.165, 1.54) is 5.56 Å². The monoisotopic (exact) mass is 337 g/mol. The zero-order chi connectivity index (χ0) is 16.5. The molecule has 3 aromatic rings. The Morgan fingerprint density at radius 2 is 1.83 bits per heavy atom. The van der Waals surface area contributed by atoms with Crippen molar-refractivity contribution in [3.63, 3.8) is 0 Å². The first kappa shape index (κ1) is 15.3. The van der Waals surface area contributed by atoms with Crippen molar-refractivity contribution in [1.29, 1.82) is 0 Å². The van der Waals surface area contributed by atoms with Crippen molar-refractivity contribution in [1.82, 2.24) is 14.5 Å². The van der Waals surface area contributed by atoms with Crippen LogP contribution in [-0.4, -0.2) is 27.5 Å². The topological polar surface area (TPSA) is 41.0 Å². The second-order valence-electron chi connectivity index (χ2n) is 6.31. The van der Waals surface area contributed by atoms with E-state index in [4.69, 9.17) is 12.2 Å². The lowest BCUT2D eigenvalue weighted by atomic mass is 10.2. The Kier molecular flexibility index (Phi) is 4.04. The predicted octanol–water partition coefficient (Wildman–Crippen LogP) is 3.51. The molecule has 1 fully saturated rings. The van der Waals surface area contributed by atoms with Crippen LogP contribution in [0.5, 0.6) is 0 Å². The lowest BCUT2D eigenvalue weighted by Crippen LogP contribution is -2.29. The zero-order valence-corrected chi connectivity index (χ0v) is 14.1. The van der Waals surface area contributed by atoms with Crippen LogP contribution in [0.1, 0.15) is 18.0 Å². The van der Waals surface area contributed by atoms with Gasteiger partial charge in [-0.3, -0.25) is 14.3 Å². The van der Waals surface area contributed by atoms with Crippen molar-refractivity contribution in [2.75, 3.05) is 13.1 Å². The molecule has 0 bridgehead atoms. The van der Waals surface area contributed by atoms with Gasteiger partial charge in [-0.25, -0.2) is 0 Å². The first-order valence-corrected chi connectivity index (χ1v) is 8.63. The van der Waals surface area contributed by atoms with E-state index in [-0.39, 0.29) is 11.6 Å². The molecule has 1 aliphatic heterocycles. The molecule has 0 amide bonds. The molecule has 2 heterocycles. The van der Waals surface area contributed by atoms with Gasteiger partial charge >= 0.3 is 0 Å². The van der Waals surface area contributed by atoms with Crippen molar-refractivity contribution in [2.45, 2.75) is 19.0 Å². The number of H-pyrrole nitrogens is 1. The van der Waals surface area contributed by atoms with Crippen molar-refractivity contribution >= 4 is 23.1 Å². The minimum Gasteiger partial charge on any atom is -0.332 e. The van der Waals surface area contributed by atoms with E-state index in [1.807, 2.05) is 30.3 Å². The van der Waals surface area contributed by atoms with Gasteiger partial charge in [0.15, 0.2) is 4.77 Å². The maximum Gasteiger partial charge on any atom is 0.262 e. The molecule has 1 unspecified atom stereocenters. The molecule has 4 rings (SSSR count). The molecule has 4 nitrogen and oxygen atoms in total. The number of para-hydroxylation sites is 1. The summed E-state index contributed by atoms with van der Waals surface area (Å²) < 4.78 is 2.29. The lowest BCUT2D eigenvalue weighted by molar-refractivity contribution is 0.314. The molecular weight excluding hydrogens is 318 g/mol. The average molecular weight is 337 g/mol. The van der Waals surface area contributed by atoms with Crippen molar-refractivity contribution in [3.05, 3.63) is 75.3 Å².